The average molecular weight is 661 g/mol. The highest BCUT2D eigenvalue weighted by molar-refractivity contribution is 6.15. The van der Waals surface area contributed by atoms with E-state index in [2.05, 4.69) is 176 Å². The molecule has 242 valence electrons. The monoisotopic (exact) mass is 660 g/mol. The van der Waals surface area contributed by atoms with Gasteiger partial charge in [-0.1, -0.05) is 176 Å². The van der Waals surface area contributed by atoms with Crippen molar-refractivity contribution in [2.45, 2.75) is 0 Å². The van der Waals surface area contributed by atoms with Gasteiger partial charge in [0, 0.05) is 16.7 Å². The molecular weight excluding hydrogens is 629 g/mol. The molecular formula is C50H32N2. The SMILES string of the molecule is c1ccc(-c2nc(-c3ccc(-c4cccc5ccccc45)cc3)cc(-c3ccc(-c4cccc5c4ccc4cc6ccccc6cc45)cc3)n2)cc1. The summed E-state index contributed by atoms with van der Waals surface area (Å²) in [5.74, 6) is 0.712. The predicted molar refractivity (Wildman–Crippen MR) is 219 cm³/mol. The highest BCUT2D eigenvalue weighted by Crippen LogP contribution is 2.37. The maximum Gasteiger partial charge on any atom is 0.160 e. The number of hydrogen-bond acceptors (Lipinski definition) is 2. The van der Waals surface area contributed by atoms with Gasteiger partial charge in [-0.25, -0.2) is 9.97 Å². The van der Waals surface area contributed by atoms with Crippen LogP contribution in [-0.4, -0.2) is 9.97 Å². The molecule has 0 aliphatic rings. The standard InChI is InChI=1S/C50H32N2/c1-2-11-38(12-3-1)50-51-48(36-24-20-34(21-25-36)43-17-8-15-33-10-6-7-16-42(33)43)32-49(52-50)37-26-22-35(23-27-37)44-18-9-19-45-46(44)29-28-41-30-39-13-4-5-14-40(39)31-47(41)45/h1-32H. The summed E-state index contributed by atoms with van der Waals surface area (Å²) < 4.78 is 0. The molecule has 1 aromatic heterocycles. The predicted octanol–water partition coefficient (Wildman–Crippen LogP) is 13.4. The molecule has 9 aromatic carbocycles. The van der Waals surface area contributed by atoms with Gasteiger partial charge in [-0.2, -0.15) is 0 Å². The summed E-state index contributed by atoms with van der Waals surface area (Å²) in [5.41, 5.74) is 9.69. The van der Waals surface area contributed by atoms with Crippen LogP contribution in [0.2, 0.25) is 0 Å². The van der Waals surface area contributed by atoms with E-state index in [0.717, 1.165) is 28.1 Å². The number of nitrogens with zero attached hydrogens (tertiary/aromatic N) is 2. The molecule has 0 radical (unpaired) electrons. The Bertz CT molecular complexity index is 2920. The Hall–Kier alpha value is -6.90. The third kappa shape index (κ3) is 5.30. The first-order chi connectivity index (χ1) is 25.7. The van der Waals surface area contributed by atoms with E-state index in [9.17, 15) is 0 Å². The number of aromatic nitrogens is 2. The van der Waals surface area contributed by atoms with Crippen LogP contribution in [0.5, 0.6) is 0 Å². The fourth-order valence-electron chi connectivity index (χ4n) is 7.61. The molecule has 0 atom stereocenters. The van der Waals surface area contributed by atoms with E-state index < -0.39 is 0 Å². The van der Waals surface area contributed by atoms with Crippen molar-refractivity contribution in [3.05, 3.63) is 194 Å². The summed E-state index contributed by atoms with van der Waals surface area (Å²) in [5, 5.41) is 10.1. The van der Waals surface area contributed by atoms with Gasteiger partial charge in [0.15, 0.2) is 5.82 Å². The van der Waals surface area contributed by atoms with Gasteiger partial charge in [-0.05, 0) is 83.5 Å². The lowest BCUT2D eigenvalue weighted by Gasteiger charge is -2.12. The van der Waals surface area contributed by atoms with Crippen LogP contribution in [0, 0.1) is 0 Å². The lowest BCUT2D eigenvalue weighted by molar-refractivity contribution is 1.18. The largest absolute Gasteiger partial charge is 0.228 e. The van der Waals surface area contributed by atoms with Crippen LogP contribution in [-0.2, 0) is 0 Å². The van der Waals surface area contributed by atoms with Crippen LogP contribution in [0.1, 0.15) is 0 Å². The van der Waals surface area contributed by atoms with E-state index >= 15 is 0 Å². The van der Waals surface area contributed by atoms with Crippen LogP contribution in [0.25, 0.3) is 99.2 Å². The fraction of sp³-hybridized carbons (Fsp3) is 0. The number of benzene rings is 9. The van der Waals surface area contributed by atoms with Crippen LogP contribution in [0.4, 0.5) is 0 Å². The molecule has 0 amide bonds. The second-order valence-corrected chi connectivity index (χ2v) is 13.4. The van der Waals surface area contributed by atoms with Crippen molar-refractivity contribution in [1.29, 1.82) is 0 Å². The molecule has 0 spiro atoms. The topological polar surface area (TPSA) is 25.8 Å². The summed E-state index contributed by atoms with van der Waals surface area (Å²) in [6.45, 7) is 0. The van der Waals surface area contributed by atoms with E-state index in [4.69, 9.17) is 9.97 Å². The molecule has 0 N–H and O–H groups in total. The van der Waals surface area contributed by atoms with Crippen LogP contribution in [0.15, 0.2) is 194 Å². The van der Waals surface area contributed by atoms with Gasteiger partial charge in [-0.15, -0.1) is 0 Å². The lowest BCUT2D eigenvalue weighted by atomic mass is 9.93. The van der Waals surface area contributed by atoms with E-state index in [1.54, 1.807) is 0 Å². The van der Waals surface area contributed by atoms with Gasteiger partial charge < -0.3 is 0 Å². The molecule has 10 aromatic rings. The average Bonchev–Trinajstić information content (AvgIpc) is 3.23. The van der Waals surface area contributed by atoms with Gasteiger partial charge in [-0.3, -0.25) is 0 Å². The molecule has 2 nitrogen and oxygen atoms in total. The Kier molecular flexibility index (Phi) is 7.18. The van der Waals surface area contributed by atoms with E-state index in [1.165, 1.54) is 65.3 Å². The van der Waals surface area contributed by atoms with Crippen molar-refractivity contribution in [2.24, 2.45) is 0 Å². The third-order valence-corrected chi connectivity index (χ3v) is 10.3. The summed E-state index contributed by atoms with van der Waals surface area (Å²) in [6.07, 6.45) is 0. The zero-order valence-electron chi connectivity index (χ0n) is 28.4. The minimum absolute atomic E-state index is 0.712. The van der Waals surface area contributed by atoms with Crippen molar-refractivity contribution < 1.29 is 0 Å². The molecule has 52 heavy (non-hydrogen) atoms. The Morgan fingerprint density at radius 1 is 0.250 bits per heavy atom. The van der Waals surface area contributed by atoms with Crippen molar-refractivity contribution in [3.63, 3.8) is 0 Å². The maximum atomic E-state index is 5.10. The van der Waals surface area contributed by atoms with Crippen LogP contribution >= 0.6 is 0 Å². The van der Waals surface area contributed by atoms with Crippen molar-refractivity contribution in [2.75, 3.05) is 0 Å². The van der Waals surface area contributed by atoms with Crippen molar-refractivity contribution in [1.82, 2.24) is 9.97 Å². The number of hydrogen-bond donors (Lipinski definition) is 0. The van der Waals surface area contributed by atoms with E-state index in [-0.39, 0.29) is 0 Å². The molecule has 1 heterocycles. The highest BCUT2D eigenvalue weighted by atomic mass is 14.9. The Morgan fingerprint density at radius 3 is 1.46 bits per heavy atom. The molecule has 0 saturated heterocycles. The Balaban J connectivity index is 1.04. The molecule has 0 aliphatic heterocycles. The molecule has 0 fully saturated rings. The normalized spacial score (nSPS) is 11.5. The third-order valence-electron chi connectivity index (χ3n) is 10.3. The Labute approximate surface area is 302 Å². The molecule has 10 rings (SSSR count). The van der Waals surface area contributed by atoms with Gasteiger partial charge in [0.1, 0.15) is 0 Å². The number of fused-ring (bicyclic) bond motifs is 5. The van der Waals surface area contributed by atoms with Gasteiger partial charge in [0.2, 0.25) is 0 Å². The molecule has 2 heteroatoms. The molecule has 0 saturated carbocycles. The Morgan fingerprint density at radius 2 is 0.769 bits per heavy atom. The van der Waals surface area contributed by atoms with Gasteiger partial charge in [0.05, 0.1) is 11.4 Å². The fourth-order valence-corrected chi connectivity index (χ4v) is 7.61. The van der Waals surface area contributed by atoms with Gasteiger partial charge in [0.25, 0.3) is 0 Å². The lowest BCUT2D eigenvalue weighted by Crippen LogP contribution is -1.96. The first-order valence-corrected chi connectivity index (χ1v) is 17.7. The van der Waals surface area contributed by atoms with Gasteiger partial charge >= 0.3 is 0 Å². The number of rotatable bonds is 5. The maximum absolute atomic E-state index is 5.10. The van der Waals surface area contributed by atoms with E-state index in [1.807, 2.05) is 18.2 Å². The zero-order valence-corrected chi connectivity index (χ0v) is 28.4. The summed E-state index contributed by atoms with van der Waals surface area (Å²) >= 11 is 0. The van der Waals surface area contributed by atoms with Crippen LogP contribution < -0.4 is 0 Å². The highest BCUT2D eigenvalue weighted by Gasteiger charge is 2.13. The second kappa shape index (κ2) is 12.5. The quantitative estimate of drug-likeness (QED) is 0.136. The molecule has 0 aliphatic carbocycles. The zero-order chi connectivity index (χ0) is 34.4. The molecule has 0 unspecified atom stereocenters. The first kappa shape index (κ1) is 30.0. The van der Waals surface area contributed by atoms with Crippen LogP contribution in [0.3, 0.4) is 0 Å². The first-order valence-electron chi connectivity index (χ1n) is 17.7. The summed E-state index contributed by atoms with van der Waals surface area (Å²) in [6, 6.07) is 69.3. The summed E-state index contributed by atoms with van der Waals surface area (Å²) in [4.78, 5) is 10.2. The van der Waals surface area contributed by atoms with Crippen molar-refractivity contribution in [3.8, 4) is 56.2 Å². The van der Waals surface area contributed by atoms with E-state index in [0.29, 0.717) is 5.82 Å². The minimum Gasteiger partial charge on any atom is -0.228 e. The second-order valence-electron chi connectivity index (χ2n) is 13.4. The minimum atomic E-state index is 0.712. The van der Waals surface area contributed by atoms with Crippen molar-refractivity contribution >= 4 is 43.1 Å². The summed E-state index contributed by atoms with van der Waals surface area (Å²) in [7, 11) is 0. The smallest absolute Gasteiger partial charge is 0.160 e. The molecule has 0 bridgehead atoms.